The number of nitrogens with zero attached hydrogens (tertiary/aromatic N) is 2. The summed E-state index contributed by atoms with van der Waals surface area (Å²) in [6.45, 7) is 0. The van der Waals surface area contributed by atoms with Gasteiger partial charge in [-0.2, -0.15) is 0 Å². The SMILES string of the molecule is c1cc(C2CC2)nc(NC2CC2)n1. The molecule has 0 saturated heterocycles. The third kappa shape index (κ3) is 1.64. The first-order valence-electron chi connectivity index (χ1n) is 5.01. The van der Waals surface area contributed by atoms with Crippen LogP contribution in [0.25, 0.3) is 0 Å². The van der Waals surface area contributed by atoms with Crippen molar-refractivity contribution in [3.63, 3.8) is 0 Å². The summed E-state index contributed by atoms with van der Waals surface area (Å²) in [5.74, 6) is 1.55. The summed E-state index contributed by atoms with van der Waals surface area (Å²) in [6, 6.07) is 2.69. The Kier molecular flexibility index (Phi) is 1.51. The molecule has 1 aromatic rings. The summed E-state index contributed by atoms with van der Waals surface area (Å²) in [7, 11) is 0. The molecule has 0 aromatic carbocycles. The molecular formula is C10H13N3. The second-order valence-corrected chi connectivity index (χ2v) is 4.00. The molecule has 0 bridgehead atoms. The molecule has 2 aliphatic carbocycles. The Bertz CT molecular complexity index is 316. The maximum Gasteiger partial charge on any atom is 0.223 e. The average molecular weight is 175 g/mol. The molecule has 0 amide bonds. The van der Waals surface area contributed by atoms with Crippen LogP contribution in [-0.4, -0.2) is 16.0 Å². The third-order valence-electron chi connectivity index (χ3n) is 2.58. The van der Waals surface area contributed by atoms with Crippen molar-refractivity contribution in [1.29, 1.82) is 0 Å². The lowest BCUT2D eigenvalue weighted by Crippen LogP contribution is -2.05. The second-order valence-electron chi connectivity index (χ2n) is 4.00. The monoisotopic (exact) mass is 175 g/mol. The lowest BCUT2D eigenvalue weighted by Gasteiger charge is -2.03. The number of hydrogen-bond donors (Lipinski definition) is 1. The van der Waals surface area contributed by atoms with Gasteiger partial charge in [0.25, 0.3) is 0 Å². The van der Waals surface area contributed by atoms with Crippen molar-refractivity contribution in [3.05, 3.63) is 18.0 Å². The normalized spacial score (nSPS) is 21.5. The van der Waals surface area contributed by atoms with E-state index in [0.717, 1.165) is 11.9 Å². The van der Waals surface area contributed by atoms with Gasteiger partial charge in [0, 0.05) is 23.9 Å². The van der Waals surface area contributed by atoms with Crippen LogP contribution < -0.4 is 5.32 Å². The number of hydrogen-bond acceptors (Lipinski definition) is 3. The minimum atomic E-state index is 0.648. The maximum absolute atomic E-state index is 4.49. The standard InChI is InChI=1S/C10H13N3/c1-2-7(1)9-5-6-11-10(13-9)12-8-3-4-8/h5-8H,1-4H2,(H,11,12,13). The topological polar surface area (TPSA) is 37.8 Å². The Balaban J connectivity index is 1.79. The van der Waals surface area contributed by atoms with E-state index in [0.29, 0.717) is 6.04 Å². The fourth-order valence-electron chi connectivity index (χ4n) is 1.46. The van der Waals surface area contributed by atoms with Gasteiger partial charge in [-0.05, 0) is 31.7 Å². The van der Waals surface area contributed by atoms with E-state index in [2.05, 4.69) is 15.3 Å². The smallest absolute Gasteiger partial charge is 0.223 e. The minimum Gasteiger partial charge on any atom is -0.351 e. The van der Waals surface area contributed by atoms with Gasteiger partial charge in [0.1, 0.15) is 0 Å². The quantitative estimate of drug-likeness (QED) is 0.762. The zero-order chi connectivity index (χ0) is 8.67. The summed E-state index contributed by atoms with van der Waals surface area (Å²) in [5.41, 5.74) is 1.22. The molecule has 1 aromatic heterocycles. The fraction of sp³-hybridized carbons (Fsp3) is 0.600. The molecule has 0 unspecified atom stereocenters. The van der Waals surface area contributed by atoms with Crippen molar-refractivity contribution < 1.29 is 0 Å². The van der Waals surface area contributed by atoms with Gasteiger partial charge in [0.05, 0.1) is 0 Å². The van der Waals surface area contributed by atoms with E-state index in [9.17, 15) is 0 Å². The van der Waals surface area contributed by atoms with Gasteiger partial charge >= 0.3 is 0 Å². The van der Waals surface area contributed by atoms with Gasteiger partial charge in [0.15, 0.2) is 0 Å². The lowest BCUT2D eigenvalue weighted by molar-refractivity contribution is 0.966. The molecule has 1 heterocycles. The molecule has 0 spiro atoms. The molecule has 2 fully saturated rings. The second kappa shape index (κ2) is 2.69. The largest absolute Gasteiger partial charge is 0.351 e. The van der Waals surface area contributed by atoms with Crippen molar-refractivity contribution in [3.8, 4) is 0 Å². The van der Waals surface area contributed by atoms with Crippen molar-refractivity contribution in [2.24, 2.45) is 0 Å². The van der Waals surface area contributed by atoms with Gasteiger partial charge in [-0.1, -0.05) is 0 Å². The van der Waals surface area contributed by atoms with Crippen LogP contribution in [0.15, 0.2) is 12.3 Å². The molecule has 3 nitrogen and oxygen atoms in total. The minimum absolute atomic E-state index is 0.648. The highest BCUT2D eigenvalue weighted by molar-refractivity contribution is 5.30. The molecular weight excluding hydrogens is 162 g/mol. The summed E-state index contributed by atoms with van der Waals surface area (Å²) < 4.78 is 0. The Hall–Kier alpha value is -1.12. The van der Waals surface area contributed by atoms with E-state index < -0.39 is 0 Å². The van der Waals surface area contributed by atoms with E-state index in [1.807, 2.05) is 12.3 Å². The first-order chi connectivity index (χ1) is 6.42. The highest BCUT2D eigenvalue weighted by Crippen LogP contribution is 2.39. The number of rotatable bonds is 3. The predicted octanol–water partition coefficient (Wildman–Crippen LogP) is 1.93. The number of aromatic nitrogens is 2. The number of nitrogens with one attached hydrogen (secondary N) is 1. The number of anilines is 1. The van der Waals surface area contributed by atoms with Crippen LogP contribution in [0.3, 0.4) is 0 Å². The molecule has 1 N–H and O–H groups in total. The molecule has 0 atom stereocenters. The van der Waals surface area contributed by atoms with Gasteiger partial charge < -0.3 is 5.32 Å². The zero-order valence-electron chi connectivity index (χ0n) is 7.53. The van der Waals surface area contributed by atoms with E-state index in [1.165, 1.54) is 31.4 Å². The zero-order valence-corrected chi connectivity index (χ0v) is 7.53. The summed E-state index contributed by atoms with van der Waals surface area (Å²) in [5, 5.41) is 3.32. The molecule has 2 aliphatic rings. The fourth-order valence-corrected chi connectivity index (χ4v) is 1.46. The van der Waals surface area contributed by atoms with Gasteiger partial charge in [-0.3, -0.25) is 0 Å². The molecule has 3 rings (SSSR count). The Labute approximate surface area is 77.6 Å². The van der Waals surface area contributed by atoms with Crippen LogP contribution in [0.1, 0.15) is 37.3 Å². The van der Waals surface area contributed by atoms with Gasteiger partial charge in [-0.25, -0.2) is 9.97 Å². The molecule has 3 heteroatoms. The molecule has 0 radical (unpaired) electrons. The Morgan fingerprint density at radius 1 is 1.23 bits per heavy atom. The van der Waals surface area contributed by atoms with Crippen molar-refractivity contribution in [2.45, 2.75) is 37.6 Å². The lowest BCUT2D eigenvalue weighted by atomic mass is 10.3. The first kappa shape index (κ1) is 7.30. The Morgan fingerprint density at radius 2 is 2.08 bits per heavy atom. The molecule has 13 heavy (non-hydrogen) atoms. The van der Waals surface area contributed by atoms with Crippen molar-refractivity contribution >= 4 is 5.95 Å². The van der Waals surface area contributed by atoms with E-state index in [4.69, 9.17) is 0 Å². The van der Waals surface area contributed by atoms with E-state index in [1.54, 1.807) is 0 Å². The van der Waals surface area contributed by atoms with Crippen LogP contribution in [0.4, 0.5) is 5.95 Å². The van der Waals surface area contributed by atoms with Gasteiger partial charge in [0.2, 0.25) is 5.95 Å². The van der Waals surface area contributed by atoms with Crippen LogP contribution in [-0.2, 0) is 0 Å². The summed E-state index contributed by atoms with van der Waals surface area (Å²) >= 11 is 0. The summed E-state index contributed by atoms with van der Waals surface area (Å²) in [6.07, 6.45) is 7.03. The molecule has 0 aliphatic heterocycles. The summed E-state index contributed by atoms with van der Waals surface area (Å²) in [4.78, 5) is 8.70. The van der Waals surface area contributed by atoms with Crippen LogP contribution in [0, 0.1) is 0 Å². The maximum atomic E-state index is 4.49. The van der Waals surface area contributed by atoms with Gasteiger partial charge in [-0.15, -0.1) is 0 Å². The third-order valence-corrected chi connectivity index (χ3v) is 2.58. The Morgan fingerprint density at radius 3 is 2.77 bits per heavy atom. The van der Waals surface area contributed by atoms with Crippen molar-refractivity contribution in [2.75, 3.05) is 5.32 Å². The predicted molar refractivity (Wildman–Crippen MR) is 50.7 cm³/mol. The van der Waals surface area contributed by atoms with Crippen LogP contribution in [0.5, 0.6) is 0 Å². The highest BCUT2D eigenvalue weighted by Gasteiger charge is 2.26. The molecule has 2 saturated carbocycles. The highest BCUT2D eigenvalue weighted by atomic mass is 15.1. The van der Waals surface area contributed by atoms with Crippen LogP contribution in [0.2, 0.25) is 0 Å². The van der Waals surface area contributed by atoms with E-state index in [-0.39, 0.29) is 0 Å². The average Bonchev–Trinajstić information content (AvgIpc) is 3.00. The van der Waals surface area contributed by atoms with Crippen molar-refractivity contribution in [1.82, 2.24) is 9.97 Å². The van der Waals surface area contributed by atoms with Crippen LogP contribution >= 0.6 is 0 Å². The van der Waals surface area contributed by atoms with E-state index >= 15 is 0 Å². The molecule has 68 valence electrons. The first-order valence-corrected chi connectivity index (χ1v) is 5.01.